The van der Waals surface area contributed by atoms with Crippen molar-refractivity contribution in [3.8, 4) is 0 Å². The molecule has 0 atom stereocenters. The van der Waals surface area contributed by atoms with Crippen molar-refractivity contribution < 1.29 is 0 Å². The summed E-state index contributed by atoms with van der Waals surface area (Å²) in [6.07, 6.45) is 1.78. The first-order valence-corrected chi connectivity index (χ1v) is 8.19. The van der Waals surface area contributed by atoms with Crippen LogP contribution in [0.4, 0.5) is 0 Å². The highest BCUT2D eigenvalue weighted by molar-refractivity contribution is 5.78. The van der Waals surface area contributed by atoms with Crippen LogP contribution in [0.1, 0.15) is 24.7 Å². The molecule has 5 nitrogen and oxygen atoms in total. The summed E-state index contributed by atoms with van der Waals surface area (Å²) < 4.78 is 3.49. The van der Waals surface area contributed by atoms with Gasteiger partial charge in [-0.05, 0) is 24.1 Å². The van der Waals surface area contributed by atoms with E-state index in [4.69, 9.17) is 4.98 Å². The average molecular weight is 318 g/mol. The highest BCUT2D eigenvalue weighted by Crippen LogP contribution is 2.14. The predicted molar refractivity (Wildman–Crippen MR) is 94.3 cm³/mol. The summed E-state index contributed by atoms with van der Waals surface area (Å²) in [7, 11) is 0. The molecule has 5 heteroatoms. The van der Waals surface area contributed by atoms with E-state index in [9.17, 15) is 4.79 Å². The van der Waals surface area contributed by atoms with Gasteiger partial charge >= 0.3 is 0 Å². The second-order valence-electron chi connectivity index (χ2n) is 5.88. The summed E-state index contributed by atoms with van der Waals surface area (Å²) >= 11 is 0. The van der Waals surface area contributed by atoms with E-state index >= 15 is 0 Å². The van der Waals surface area contributed by atoms with E-state index in [2.05, 4.69) is 24.2 Å². The van der Waals surface area contributed by atoms with Crippen molar-refractivity contribution in [2.75, 3.05) is 0 Å². The number of nitrogens with zero attached hydrogens (tertiary/aromatic N) is 4. The third-order valence-electron chi connectivity index (χ3n) is 4.16. The molecule has 0 aliphatic carbocycles. The second kappa shape index (κ2) is 5.92. The molecule has 0 saturated heterocycles. The minimum Gasteiger partial charge on any atom is -0.292 e. The van der Waals surface area contributed by atoms with E-state index in [1.807, 2.05) is 41.0 Å². The topological polar surface area (TPSA) is 52.2 Å². The number of aryl methyl sites for hydroxylation is 1. The second-order valence-corrected chi connectivity index (χ2v) is 5.88. The van der Waals surface area contributed by atoms with Crippen LogP contribution in [0.15, 0.2) is 59.4 Å². The van der Waals surface area contributed by atoms with Gasteiger partial charge < -0.3 is 0 Å². The SMILES string of the molecule is CCCc1nn2c(=O)c3ccccc3nc2n1Cc1ccccc1. The molecule has 0 unspecified atom stereocenters. The van der Waals surface area contributed by atoms with Gasteiger partial charge in [0, 0.05) is 6.42 Å². The minimum absolute atomic E-state index is 0.111. The van der Waals surface area contributed by atoms with Gasteiger partial charge in [-0.3, -0.25) is 9.36 Å². The first kappa shape index (κ1) is 14.6. The minimum atomic E-state index is -0.111. The largest absolute Gasteiger partial charge is 0.292 e. The average Bonchev–Trinajstić information content (AvgIpc) is 2.95. The van der Waals surface area contributed by atoms with E-state index in [1.54, 1.807) is 6.07 Å². The molecule has 4 aromatic rings. The normalized spacial score (nSPS) is 11.4. The molecule has 24 heavy (non-hydrogen) atoms. The molecule has 120 valence electrons. The monoisotopic (exact) mass is 318 g/mol. The lowest BCUT2D eigenvalue weighted by atomic mass is 10.2. The Hall–Kier alpha value is -2.95. The molecular formula is C19H18N4O. The molecule has 2 aromatic heterocycles. The van der Waals surface area contributed by atoms with Gasteiger partial charge in [0.15, 0.2) is 0 Å². The maximum absolute atomic E-state index is 12.8. The van der Waals surface area contributed by atoms with E-state index in [0.717, 1.165) is 24.2 Å². The lowest BCUT2D eigenvalue weighted by Crippen LogP contribution is -2.16. The van der Waals surface area contributed by atoms with Crippen LogP contribution in [0, 0.1) is 0 Å². The molecule has 0 amide bonds. The number of benzene rings is 2. The van der Waals surface area contributed by atoms with Crippen LogP contribution in [-0.2, 0) is 13.0 Å². The van der Waals surface area contributed by atoms with Gasteiger partial charge in [0.1, 0.15) is 5.82 Å². The smallest absolute Gasteiger partial charge is 0.283 e. The first-order valence-electron chi connectivity index (χ1n) is 8.19. The maximum atomic E-state index is 12.8. The Morgan fingerprint density at radius 1 is 1.00 bits per heavy atom. The summed E-state index contributed by atoms with van der Waals surface area (Å²) in [5, 5.41) is 5.15. The Bertz CT molecular complexity index is 1060. The van der Waals surface area contributed by atoms with Crippen LogP contribution in [0.5, 0.6) is 0 Å². The number of fused-ring (bicyclic) bond motifs is 2. The number of aromatic nitrogens is 4. The zero-order valence-corrected chi connectivity index (χ0v) is 13.5. The van der Waals surface area contributed by atoms with Gasteiger partial charge in [0.2, 0.25) is 5.78 Å². The predicted octanol–water partition coefficient (Wildman–Crippen LogP) is 3.05. The van der Waals surface area contributed by atoms with Crippen LogP contribution in [-0.4, -0.2) is 19.2 Å². The molecule has 2 aromatic carbocycles. The van der Waals surface area contributed by atoms with Gasteiger partial charge in [-0.2, -0.15) is 4.52 Å². The van der Waals surface area contributed by atoms with Crippen molar-refractivity contribution in [3.63, 3.8) is 0 Å². The fraction of sp³-hybridized carbons (Fsp3) is 0.211. The van der Waals surface area contributed by atoms with Crippen LogP contribution in [0.3, 0.4) is 0 Å². The van der Waals surface area contributed by atoms with Gasteiger partial charge in [-0.15, -0.1) is 5.10 Å². The summed E-state index contributed by atoms with van der Waals surface area (Å²) in [6, 6.07) is 17.6. The Balaban J connectivity index is 1.99. The maximum Gasteiger partial charge on any atom is 0.283 e. The highest BCUT2D eigenvalue weighted by Gasteiger charge is 2.15. The van der Waals surface area contributed by atoms with E-state index in [-0.39, 0.29) is 5.56 Å². The zero-order chi connectivity index (χ0) is 16.5. The molecular weight excluding hydrogens is 300 g/mol. The quantitative estimate of drug-likeness (QED) is 0.581. The van der Waals surface area contributed by atoms with Crippen molar-refractivity contribution in [1.82, 2.24) is 19.2 Å². The number of hydrogen-bond acceptors (Lipinski definition) is 3. The zero-order valence-electron chi connectivity index (χ0n) is 13.5. The van der Waals surface area contributed by atoms with Gasteiger partial charge in [0.25, 0.3) is 5.56 Å². The first-order chi connectivity index (χ1) is 11.8. The van der Waals surface area contributed by atoms with Gasteiger partial charge in [-0.1, -0.05) is 49.4 Å². The molecule has 0 spiro atoms. The Labute approximate surface area is 139 Å². The van der Waals surface area contributed by atoms with Crippen molar-refractivity contribution in [1.29, 1.82) is 0 Å². The molecule has 0 aliphatic heterocycles. The summed E-state index contributed by atoms with van der Waals surface area (Å²) in [4.78, 5) is 17.5. The molecule has 0 N–H and O–H groups in total. The van der Waals surface area contributed by atoms with E-state index in [1.165, 1.54) is 4.52 Å². The van der Waals surface area contributed by atoms with Crippen LogP contribution >= 0.6 is 0 Å². The number of para-hydroxylation sites is 1. The fourth-order valence-corrected chi connectivity index (χ4v) is 3.00. The van der Waals surface area contributed by atoms with E-state index < -0.39 is 0 Å². The highest BCUT2D eigenvalue weighted by atomic mass is 16.1. The third-order valence-corrected chi connectivity index (χ3v) is 4.16. The van der Waals surface area contributed by atoms with Crippen LogP contribution in [0.2, 0.25) is 0 Å². The molecule has 0 bridgehead atoms. The molecule has 0 aliphatic rings. The number of hydrogen-bond donors (Lipinski definition) is 0. The Morgan fingerprint density at radius 3 is 2.54 bits per heavy atom. The summed E-state index contributed by atoms with van der Waals surface area (Å²) in [5.74, 6) is 1.49. The van der Waals surface area contributed by atoms with Gasteiger partial charge in [0.05, 0.1) is 17.4 Å². The Kier molecular flexibility index (Phi) is 3.61. The Morgan fingerprint density at radius 2 is 1.75 bits per heavy atom. The van der Waals surface area contributed by atoms with Crippen molar-refractivity contribution in [2.24, 2.45) is 0 Å². The van der Waals surface area contributed by atoms with E-state index in [0.29, 0.717) is 23.2 Å². The van der Waals surface area contributed by atoms with Crippen molar-refractivity contribution >= 4 is 16.7 Å². The number of rotatable bonds is 4. The summed E-state index contributed by atoms with van der Waals surface area (Å²) in [5.41, 5.74) is 1.76. The van der Waals surface area contributed by atoms with Gasteiger partial charge in [-0.25, -0.2) is 4.98 Å². The molecule has 2 heterocycles. The molecule has 0 saturated carbocycles. The lowest BCUT2D eigenvalue weighted by molar-refractivity contribution is 0.714. The molecule has 4 rings (SSSR count). The fourth-order valence-electron chi connectivity index (χ4n) is 3.00. The van der Waals surface area contributed by atoms with Crippen LogP contribution in [0.25, 0.3) is 16.7 Å². The lowest BCUT2D eigenvalue weighted by Gasteiger charge is -2.07. The molecule has 0 radical (unpaired) electrons. The third kappa shape index (κ3) is 2.38. The molecule has 0 fully saturated rings. The van der Waals surface area contributed by atoms with Crippen LogP contribution < -0.4 is 5.56 Å². The van der Waals surface area contributed by atoms with Crippen molar-refractivity contribution in [2.45, 2.75) is 26.3 Å². The summed E-state index contributed by atoms with van der Waals surface area (Å²) in [6.45, 7) is 2.77. The standard InChI is InChI=1S/C19H18N4O/c1-2-8-17-21-23-18(24)15-11-6-7-12-16(15)20-19(23)22(17)13-14-9-4-3-5-10-14/h3-7,9-12H,2,8,13H2,1H3. The van der Waals surface area contributed by atoms with Crippen molar-refractivity contribution in [3.05, 3.63) is 76.3 Å².